The number of phenols is 1. The smallest absolute Gasteiger partial charge is 0.265 e. The average molecular weight is 630 g/mol. The molecule has 2 N–H and O–H groups in total. The van der Waals surface area contributed by atoms with Crippen LogP contribution >= 0.6 is 22.7 Å². The van der Waals surface area contributed by atoms with Crippen LogP contribution in [0.25, 0.3) is 10.4 Å². The van der Waals surface area contributed by atoms with Crippen LogP contribution in [0.4, 0.5) is 5.69 Å². The normalized spacial score (nSPS) is 21.1. The molecular formula is C32H31N5O5S2. The highest BCUT2D eigenvalue weighted by atomic mass is 32.1. The van der Waals surface area contributed by atoms with Crippen molar-refractivity contribution in [1.29, 1.82) is 0 Å². The number of aromatic nitrogens is 2. The second-order valence-electron chi connectivity index (χ2n) is 12.5. The SMILES string of the molecule is CC1(C)C[C@@H]1C(=O)N1CC2(CN(C(=O)c3cncs3)C[C@H]2C(=O)Nc2ccc(Oc3ccccc3-c3cncs3)cc2O)C1. The van der Waals surface area contributed by atoms with E-state index in [1.54, 1.807) is 34.3 Å². The quantitative estimate of drug-likeness (QED) is 0.264. The standard InChI is InChI=1S/C32H31N5O5S2/c1-31(2)10-21(31)29(40)37-15-32(16-37)14-36(30(41)27-12-34-18-44-27)13-22(32)28(39)35-23-8-7-19(9-24(23)38)42-25-6-4-3-5-20(25)26-11-33-17-43-26/h3-9,11-12,17-18,21-22,38H,10,13-16H2,1-2H3,(H,35,39)/t21-,22+/m1/s1. The maximum absolute atomic E-state index is 13.8. The van der Waals surface area contributed by atoms with Crippen LogP contribution in [0.3, 0.4) is 0 Å². The number of hydrogen-bond acceptors (Lipinski definition) is 9. The lowest BCUT2D eigenvalue weighted by Gasteiger charge is -2.50. The largest absolute Gasteiger partial charge is 0.506 e. The summed E-state index contributed by atoms with van der Waals surface area (Å²) >= 11 is 2.76. The van der Waals surface area contributed by atoms with Crippen molar-refractivity contribution >= 4 is 46.1 Å². The van der Waals surface area contributed by atoms with Crippen LogP contribution in [-0.4, -0.2) is 68.8 Å². The molecule has 2 aromatic heterocycles. The number of rotatable bonds is 7. The van der Waals surface area contributed by atoms with Crippen LogP contribution in [0.15, 0.2) is 65.9 Å². The van der Waals surface area contributed by atoms with Gasteiger partial charge in [-0.1, -0.05) is 26.0 Å². The fourth-order valence-electron chi connectivity index (χ4n) is 6.40. The molecule has 2 saturated heterocycles. The number of nitrogens with zero attached hydrogens (tertiary/aromatic N) is 4. The Labute approximate surface area is 262 Å². The van der Waals surface area contributed by atoms with Gasteiger partial charge < -0.3 is 25.0 Å². The van der Waals surface area contributed by atoms with Gasteiger partial charge in [0, 0.05) is 55.3 Å². The second kappa shape index (κ2) is 10.7. The van der Waals surface area contributed by atoms with Gasteiger partial charge in [0.05, 0.1) is 33.7 Å². The summed E-state index contributed by atoms with van der Waals surface area (Å²) in [7, 11) is 0. The Morgan fingerprint density at radius 1 is 0.977 bits per heavy atom. The summed E-state index contributed by atoms with van der Waals surface area (Å²) in [5.41, 5.74) is 3.94. The number of carbonyl (C=O) groups excluding carboxylic acids is 3. The Morgan fingerprint density at radius 3 is 2.39 bits per heavy atom. The van der Waals surface area contributed by atoms with E-state index < -0.39 is 11.3 Å². The first-order valence-electron chi connectivity index (χ1n) is 14.4. The third-order valence-electron chi connectivity index (χ3n) is 9.07. The van der Waals surface area contributed by atoms with Gasteiger partial charge in [-0.2, -0.15) is 0 Å². The first-order chi connectivity index (χ1) is 21.1. The number of likely N-dealkylation sites (tertiary alicyclic amines) is 2. The lowest BCUT2D eigenvalue weighted by molar-refractivity contribution is -0.150. The van der Waals surface area contributed by atoms with Crippen molar-refractivity contribution in [3.05, 3.63) is 70.8 Å². The van der Waals surface area contributed by atoms with E-state index >= 15 is 0 Å². The fourth-order valence-corrected chi connectivity index (χ4v) is 7.64. The van der Waals surface area contributed by atoms with E-state index in [4.69, 9.17) is 4.74 Å². The van der Waals surface area contributed by atoms with E-state index in [0.29, 0.717) is 36.0 Å². The molecule has 10 nitrogen and oxygen atoms in total. The molecule has 2 aliphatic heterocycles. The zero-order valence-electron chi connectivity index (χ0n) is 24.2. The number of ether oxygens (including phenoxy) is 1. The molecular weight excluding hydrogens is 599 g/mol. The lowest BCUT2D eigenvalue weighted by atomic mass is 9.71. The van der Waals surface area contributed by atoms with E-state index in [2.05, 4.69) is 29.1 Å². The third kappa shape index (κ3) is 5.11. The van der Waals surface area contributed by atoms with Crippen LogP contribution in [0.5, 0.6) is 17.2 Å². The summed E-state index contributed by atoms with van der Waals surface area (Å²) in [6.45, 7) is 5.61. The number of anilines is 1. The Bertz CT molecular complexity index is 1730. The summed E-state index contributed by atoms with van der Waals surface area (Å²) in [4.78, 5) is 53.3. The maximum Gasteiger partial charge on any atom is 0.265 e. The summed E-state index contributed by atoms with van der Waals surface area (Å²) < 4.78 is 6.10. The van der Waals surface area contributed by atoms with E-state index in [1.165, 1.54) is 34.9 Å². The fraction of sp³-hybridized carbons (Fsp3) is 0.344. The molecule has 2 atom stereocenters. The number of carbonyl (C=O) groups is 3. The predicted octanol–water partition coefficient (Wildman–Crippen LogP) is 5.35. The van der Waals surface area contributed by atoms with Crippen molar-refractivity contribution in [2.45, 2.75) is 20.3 Å². The molecule has 1 saturated carbocycles. The van der Waals surface area contributed by atoms with Crippen molar-refractivity contribution in [3.8, 4) is 27.7 Å². The molecule has 2 aromatic carbocycles. The number of phenolic OH excluding ortho intramolecular Hbond substituents is 1. The highest BCUT2D eigenvalue weighted by Gasteiger charge is 2.61. The highest BCUT2D eigenvalue weighted by molar-refractivity contribution is 7.13. The van der Waals surface area contributed by atoms with Crippen molar-refractivity contribution in [2.75, 3.05) is 31.5 Å². The summed E-state index contributed by atoms with van der Waals surface area (Å²) in [6.07, 6.45) is 4.18. The van der Waals surface area contributed by atoms with Crippen LogP contribution in [0, 0.1) is 22.7 Å². The van der Waals surface area contributed by atoms with E-state index in [9.17, 15) is 19.5 Å². The molecule has 7 rings (SSSR count). The van der Waals surface area contributed by atoms with Gasteiger partial charge in [-0.25, -0.2) is 0 Å². The molecule has 0 radical (unpaired) electrons. The number of nitrogens with one attached hydrogen (secondary N) is 1. The predicted molar refractivity (Wildman–Crippen MR) is 167 cm³/mol. The molecule has 1 spiro atoms. The maximum atomic E-state index is 13.8. The first-order valence-corrected chi connectivity index (χ1v) is 16.2. The second-order valence-corrected chi connectivity index (χ2v) is 14.3. The molecule has 44 heavy (non-hydrogen) atoms. The number of aromatic hydroxyl groups is 1. The molecule has 3 fully saturated rings. The summed E-state index contributed by atoms with van der Waals surface area (Å²) in [5.74, 6) is -0.0136. The van der Waals surface area contributed by atoms with Gasteiger partial charge in [0.25, 0.3) is 5.91 Å². The Morgan fingerprint density at radius 2 is 1.70 bits per heavy atom. The zero-order valence-corrected chi connectivity index (χ0v) is 25.9. The third-order valence-corrected chi connectivity index (χ3v) is 10.6. The topological polar surface area (TPSA) is 125 Å². The van der Waals surface area contributed by atoms with E-state index in [1.807, 2.05) is 29.2 Å². The van der Waals surface area contributed by atoms with Crippen LogP contribution in [0.2, 0.25) is 0 Å². The van der Waals surface area contributed by atoms with E-state index in [0.717, 1.165) is 16.9 Å². The molecule has 226 valence electrons. The number of amides is 3. The number of hydrogen-bond donors (Lipinski definition) is 2. The Kier molecular flexibility index (Phi) is 6.93. The molecule has 0 bridgehead atoms. The van der Waals surface area contributed by atoms with Crippen LogP contribution < -0.4 is 10.1 Å². The van der Waals surface area contributed by atoms with Gasteiger partial charge >= 0.3 is 0 Å². The van der Waals surface area contributed by atoms with Crippen LogP contribution in [0.1, 0.15) is 29.9 Å². The van der Waals surface area contributed by atoms with Gasteiger partial charge in [-0.05, 0) is 36.1 Å². The van der Waals surface area contributed by atoms with E-state index in [-0.39, 0.29) is 47.0 Å². The monoisotopic (exact) mass is 629 g/mol. The number of para-hydroxylation sites is 1. The minimum Gasteiger partial charge on any atom is -0.506 e. The van der Waals surface area contributed by atoms with Crippen molar-refractivity contribution < 1.29 is 24.2 Å². The van der Waals surface area contributed by atoms with Gasteiger partial charge in [0.1, 0.15) is 22.1 Å². The van der Waals surface area contributed by atoms with Gasteiger partial charge in [-0.3, -0.25) is 24.4 Å². The molecule has 12 heteroatoms. The zero-order chi connectivity index (χ0) is 30.6. The minimum atomic E-state index is -0.558. The van der Waals surface area contributed by atoms with Crippen molar-refractivity contribution in [2.24, 2.45) is 22.7 Å². The van der Waals surface area contributed by atoms with Gasteiger partial charge in [0.15, 0.2) is 0 Å². The van der Waals surface area contributed by atoms with Crippen molar-refractivity contribution in [1.82, 2.24) is 19.8 Å². The molecule has 4 heterocycles. The summed E-state index contributed by atoms with van der Waals surface area (Å²) in [5, 5.41) is 13.8. The molecule has 0 unspecified atom stereocenters. The number of thiazole rings is 2. The average Bonchev–Trinajstić information content (AvgIpc) is 3.55. The van der Waals surface area contributed by atoms with Crippen molar-refractivity contribution in [3.63, 3.8) is 0 Å². The molecule has 3 amide bonds. The molecule has 3 aliphatic rings. The Hall–Kier alpha value is -4.29. The summed E-state index contributed by atoms with van der Waals surface area (Å²) in [6, 6.07) is 12.3. The first kappa shape index (κ1) is 28.5. The lowest BCUT2D eigenvalue weighted by Crippen LogP contribution is -2.64. The van der Waals surface area contributed by atoms with Gasteiger partial charge in [0.2, 0.25) is 11.8 Å². The Balaban J connectivity index is 1.08. The van der Waals surface area contributed by atoms with Crippen LogP contribution in [-0.2, 0) is 9.59 Å². The highest BCUT2D eigenvalue weighted by Crippen LogP contribution is 2.55. The van der Waals surface area contributed by atoms with Gasteiger partial charge in [-0.15, -0.1) is 22.7 Å². The minimum absolute atomic E-state index is 0.00933. The molecule has 4 aromatic rings. The molecule has 1 aliphatic carbocycles. The number of benzene rings is 2.